The molecular weight excluding hydrogens is 290 g/mol. The lowest BCUT2D eigenvalue weighted by Gasteiger charge is -2.08. The van der Waals surface area contributed by atoms with Crippen molar-refractivity contribution in [3.63, 3.8) is 0 Å². The van der Waals surface area contributed by atoms with Gasteiger partial charge in [-0.15, -0.1) is 0 Å². The van der Waals surface area contributed by atoms with E-state index in [4.69, 9.17) is 16.2 Å². The molecule has 0 aliphatic rings. The molecule has 0 saturated heterocycles. The van der Waals surface area contributed by atoms with Crippen LogP contribution in [0.25, 0.3) is 0 Å². The number of rotatable bonds is 5. The van der Waals surface area contributed by atoms with E-state index in [1.807, 2.05) is 54.6 Å². The maximum Gasteiger partial charge on any atom is 0.223 e. The Bertz CT molecular complexity index is 682. The van der Waals surface area contributed by atoms with E-state index in [9.17, 15) is 0 Å². The topological polar surface area (TPSA) is 98.0 Å². The molecule has 0 unspecified atom stereocenters. The van der Waals surface area contributed by atoms with Crippen LogP contribution in [0.5, 0.6) is 5.75 Å². The maximum absolute atomic E-state index is 5.85. The molecule has 0 heterocycles. The molecule has 5 N–H and O–H groups in total. The lowest BCUT2D eigenvalue weighted by atomic mass is 10.3. The number of hydrogen-bond donors (Lipinski definition) is 3. The molecule has 120 valence electrons. The summed E-state index contributed by atoms with van der Waals surface area (Å²) in [5, 5.41) is 2.96. The van der Waals surface area contributed by atoms with Crippen molar-refractivity contribution in [1.82, 2.24) is 0 Å². The van der Waals surface area contributed by atoms with Gasteiger partial charge in [0.25, 0.3) is 0 Å². The van der Waals surface area contributed by atoms with Gasteiger partial charge >= 0.3 is 0 Å². The lowest BCUT2D eigenvalue weighted by Crippen LogP contribution is -2.26. The summed E-state index contributed by atoms with van der Waals surface area (Å²) in [5.74, 6) is 1.02. The van der Waals surface area contributed by atoms with Gasteiger partial charge in [0.2, 0.25) is 11.9 Å². The molecule has 0 aliphatic carbocycles. The van der Waals surface area contributed by atoms with Crippen molar-refractivity contribution in [3.8, 4) is 5.75 Å². The second kappa shape index (κ2) is 8.43. The summed E-state index contributed by atoms with van der Waals surface area (Å²) >= 11 is 0. The first-order valence-corrected chi connectivity index (χ1v) is 7.40. The molecule has 0 atom stereocenters. The smallest absolute Gasteiger partial charge is 0.223 e. The van der Waals surface area contributed by atoms with Crippen LogP contribution in [0.15, 0.2) is 64.6 Å². The molecule has 0 aromatic heterocycles. The molecule has 0 radical (unpaired) electrons. The van der Waals surface area contributed by atoms with Crippen molar-refractivity contribution in [2.24, 2.45) is 21.5 Å². The van der Waals surface area contributed by atoms with Crippen LogP contribution in [0, 0.1) is 0 Å². The first-order valence-electron chi connectivity index (χ1n) is 7.40. The average Bonchev–Trinajstić information content (AvgIpc) is 2.54. The number of aliphatic imine (C=N–C) groups is 2. The molecule has 0 amide bonds. The minimum atomic E-state index is 0.0830. The Labute approximate surface area is 135 Å². The van der Waals surface area contributed by atoms with E-state index in [0.29, 0.717) is 6.61 Å². The molecule has 0 saturated carbocycles. The number of hydrogen-bond acceptors (Lipinski definition) is 2. The van der Waals surface area contributed by atoms with Crippen LogP contribution in [0.4, 0.5) is 11.4 Å². The van der Waals surface area contributed by atoms with Crippen molar-refractivity contribution in [1.29, 1.82) is 0 Å². The number of nitrogens with zero attached hydrogens (tertiary/aromatic N) is 2. The summed E-state index contributed by atoms with van der Waals surface area (Å²) in [6, 6.07) is 16.8. The van der Waals surface area contributed by atoms with Crippen LogP contribution < -0.4 is 21.5 Å². The van der Waals surface area contributed by atoms with Crippen LogP contribution >= 0.6 is 0 Å². The highest BCUT2D eigenvalue weighted by atomic mass is 16.5. The van der Waals surface area contributed by atoms with Crippen LogP contribution in [0.3, 0.4) is 0 Å². The maximum atomic E-state index is 5.85. The molecule has 2 rings (SSSR count). The summed E-state index contributed by atoms with van der Waals surface area (Å²) in [5.41, 5.74) is 13.1. The monoisotopic (exact) mass is 311 g/mol. The second-order valence-corrected chi connectivity index (χ2v) is 4.80. The van der Waals surface area contributed by atoms with Crippen molar-refractivity contribution >= 4 is 23.3 Å². The first-order chi connectivity index (χ1) is 11.2. The summed E-state index contributed by atoms with van der Waals surface area (Å²) in [7, 11) is 0. The Morgan fingerprint density at radius 3 is 2.61 bits per heavy atom. The Kier molecular flexibility index (Phi) is 5.99. The molecule has 6 nitrogen and oxygen atoms in total. The minimum Gasteiger partial charge on any atom is -0.494 e. The van der Waals surface area contributed by atoms with Crippen LogP contribution in [-0.2, 0) is 0 Å². The van der Waals surface area contributed by atoms with E-state index in [1.165, 1.54) is 0 Å². The SMILES string of the molecule is CCCOc1cccc(N/C(N)=N/C(N)=Nc2ccccc2)c1. The Balaban J connectivity index is 2.03. The van der Waals surface area contributed by atoms with E-state index in [-0.39, 0.29) is 11.9 Å². The lowest BCUT2D eigenvalue weighted by molar-refractivity contribution is 0.317. The number of benzene rings is 2. The van der Waals surface area contributed by atoms with Gasteiger partial charge in [0, 0.05) is 11.8 Å². The summed E-state index contributed by atoms with van der Waals surface area (Å²) in [6.07, 6.45) is 0.952. The molecule has 0 aliphatic heterocycles. The quantitative estimate of drug-likeness (QED) is 0.584. The van der Waals surface area contributed by atoms with Gasteiger partial charge in [0.05, 0.1) is 12.3 Å². The highest BCUT2D eigenvalue weighted by Gasteiger charge is 1.99. The van der Waals surface area contributed by atoms with Gasteiger partial charge < -0.3 is 21.5 Å². The fourth-order valence-electron chi connectivity index (χ4n) is 1.84. The van der Waals surface area contributed by atoms with E-state index in [0.717, 1.165) is 23.5 Å². The zero-order valence-electron chi connectivity index (χ0n) is 13.1. The molecule has 0 fully saturated rings. The third kappa shape index (κ3) is 5.70. The standard InChI is InChI=1S/C17H21N5O/c1-2-11-23-15-10-6-9-14(12-15)21-17(19)22-16(18)20-13-7-4-3-5-8-13/h3-10,12H,2,11H2,1H3,(H5,18,19,20,21,22). The van der Waals surface area contributed by atoms with Gasteiger partial charge in [0.1, 0.15) is 5.75 Å². The van der Waals surface area contributed by atoms with Crippen molar-refractivity contribution in [2.75, 3.05) is 11.9 Å². The van der Waals surface area contributed by atoms with Gasteiger partial charge in [-0.1, -0.05) is 31.2 Å². The number of ether oxygens (including phenoxy) is 1. The third-order valence-electron chi connectivity index (χ3n) is 2.81. The molecule has 2 aromatic rings. The third-order valence-corrected chi connectivity index (χ3v) is 2.81. The molecule has 6 heteroatoms. The average molecular weight is 311 g/mol. The molecule has 0 spiro atoms. The second-order valence-electron chi connectivity index (χ2n) is 4.80. The minimum absolute atomic E-state index is 0.0830. The number of guanidine groups is 2. The van der Waals surface area contributed by atoms with E-state index >= 15 is 0 Å². The highest BCUT2D eigenvalue weighted by Crippen LogP contribution is 2.17. The molecule has 0 bridgehead atoms. The summed E-state index contributed by atoms with van der Waals surface area (Å²) < 4.78 is 5.57. The zero-order valence-corrected chi connectivity index (χ0v) is 13.1. The Morgan fingerprint density at radius 1 is 1.09 bits per heavy atom. The fourth-order valence-corrected chi connectivity index (χ4v) is 1.84. The van der Waals surface area contributed by atoms with Gasteiger partial charge in [-0.3, -0.25) is 0 Å². The molecule has 2 aromatic carbocycles. The largest absolute Gasteiger partial charge is 0.494 e. The van der Waals surface area contributed by atoms with E-state index in [1.54, 1.807) is 0 Å². The van der Waals surface area contributed by atoms with Gasteiger partial charge in [0.15, 0.2) is 0 Å². The summed E-state index contributed by atoms with van der Waals surface area (Å²) in [4.78, 5) is 8.19. The Morgan fingerprint density at radius 2 is 1.87 bits per heavy atom. The number of nitrogens with two attached hydrogens (primary N) is 2. The fraction of sp³-hybridized carbons (Fsp3) is 0.176. The Hall–Kier alpha value is -3.02. The summed E-state index contributed by atoms with van der Waals surface area (Å²) in [6.45, 7) is 2.73. The van der Waals surface area contributed by atoms with Crippen molar-refractivity contribution in [3.05, 3.63) is 54.6 Å². The molecule has 23 heavy (non-hydrogen) atoms. The van der Waals surface area contributed by atoms with Gasteiger partial charge in [-0.25, -0.2) is 4.99 Å². The van der Waals surface area contributed by atoms with E-state index < -0.39 is 0 Å². The zero-order chi connectivity index (χ0) is 16.5. The number of nitrogens with one attached hydrogen (secondary N) is 1. The van der Waals surface area contributed by atoms with Crippen molar-refractivity contribution in [2.45, 2.75) is 13.3 Å². The number of anilines is 1. The normalized spacial score (nSPS) is 12.0. The van der Waals surface area contributed by atoms with E-state index in [2.05, 4.69) is 22.2 Å². The van der Waals surface area contributed by atoms with Crippen LogP contribution in [0.1, 0.15) is 13.3 Å². The predicted molar refractivity (Wildman–Crippen MR) is 95.2 cm³/mol. The van der Waals surface area contributed by atoms with Gasteiger partial charge in [-0.05, 0) is 30.7 Å². The predicted octanol–water partition coefficient (Wildman–Crippen LogP) is 2.85. The van der Waals surface area contributed by atoms with Gasteiger partial charge in [-0.2, -0.15) is 4.99 Å². The van der Waals surface area contributed by atoms with Crippen LogP contribution in [-0.4, -0.2) is 18.5 Å². The highest BCUT2D eigenvalue weighted by molar-refractivity contribution is 6.01. The number of para-hydroxylation sites is 1. The van der Waals surface area contributed by atoms with Crippen molar-refractivity contribution < 1.29 is 4.74 Å². The molecular formula is C17H21N5O. The van der Waals surface area contributed by atoms with Crippen LogP contribution in [0.2, 0.25) is 0 Å². The first kappa shape index (κ1) is 16.4.